The lowest BCUT2D eigenvalue weighted by Crippen LogP contribution is -1.93. The summed E-state index contributed by atoms with van der Waals surface area (Å²) in [6.07, 6.45) is 4.65. The van der Waals surface area contributed by atoms with Crippen LogP contribution in [0.2, 0.25) is 0 Å². The van der Waals surface area contributed by atoms with Crippen LogP contribution in [0.25, 0.3) is 6.08 Å². The van der Waals surface area contributed by atoms with Gasteiger partial charge >= 0.3 is 0 Å². The van der Waals surface area contributed by atoms with E-state index in [9.17, 15) is 4.79 Å². The SMILES string of the molecule is O=C(Cl)C=CC(=Cc1ccccc1)Oc1ccccc1. The largest absolute Gasteiger partial charge is 0.457 e. The predicted molar refractivity (Wildman–Crippen MR) is 81.5 cm³/mol. The quantitative estimate of drug-likeness (QED) is 0.351. The molecule has 0 aliphatic carbocycles. The smallest absolute Gasteiger partial charge is 0.245 e. The summed E-state index contributed by atoms with van der Waals surface area (Å²) >= 11 is 5.32. The Labute approximate surface area is 123 Å². The van der Waals surface area contributed by atoms with Crippen LogP contribution in [0.3, 0.4) is 0 Å². The molecule has 0 saturated carbocycles. The van der Waals surface area contributed by atoms with Crippen molar-refractivity contribution < 1.29 is 9.53 Å². The zero-order chi connectivity index (χ0) is 14.2. The molecule has 2 nitrogen and oxygen atoms in total. The van der Waals surface area contributed by atoms with E-state index in [0.29, 0.717) is 11.5 Å². The van der Waals surface area contributed by atoms with Gasteiger partial charge in [-0.05, 0) is 41.4 Å². The van der Waals surface area contributed by atoms with Crippen molar-refractivity contribution in [3.63, 3.8) is 0 Å². The van der Waals surface area contributed by atoms with E-state index in [1.807, 2.05) is 66.7 Å². The molecule has 100 valence electrons. The normalized spacial score (nSPS) is 11.6. The first-order valence-corrected chi connectivity index (χ1v) is 6.49. The van der Waals surface area contributed by atoms with Crippen LogP contribution in [0.1, 0.15) is 5.56 Å². The number of rotatable bonds is 5. The van der Waals surface area contributed by atoms with Crippen LogP contribution in [-0.4, -0.2) is 5.24 Å². The Bertz CT molecular complexity index is 616. The average molecular weight is 285 g/mol. The van der Waals surface area contributed by atoms with Gasteiger partial charge in [-0.25, -0.2) is 0 Å². The molecule has 3 heteroatoms. The Hall–Kier alpha value is -2.32. The van der Waals surface area contributed by atoms with Crippen molar-refractivity contribution in [3.05, 3.63) is 84.1 Å². The minimum absolute atomic E-state index is 0.538. The number of ether oxygens (including phenoxy) is 1. The monoisotopic (exact) mass is 284 g/mol. The molecule has 0 radical (unpaired) electrons. The van der Waals surface area contributed by atoms with Gasteiger partial charge in [0.15, 0.2) is 0 Å². The van der Waals surface area contributed by atoms with Crippen molar-refractivity contribution >= 4 is 22.9 Å². The number of carbonyl (C=O) groups is 1. The second-order valence-corrected chi connectivity index (χ2v) is 4.38. The highest BCUT2D eigenvalue weighted by atomic mass is 35.5. The summed E-state index contributed by atoms with van der Waals surface area (Å²) in [5, 5.41) is -0.541. The Kier molecular flexibility index (Phi) is 5.15. The molecule has 0 unspecified atom stereocenters. The maximum absolute atomic E-state index is 10.8. The second kappa shape index (κ2) is 7.31. The first-order valence-electron chi connectivity index (χ1n) is 6.11. The standard InChI is InChI=1S/C17H13ClO2/c18-17(19)12-11-16(13-14-7-3-1-4-8-14)20-15-9-5-2-6-10-15/h1-13H. The molecule has 0 aliphatic heterocycles. The van der Waals surface area contributed by atoms with Gasteiger partial charge in [0.1, 0.15) is 11.5 Å². The van der Waals surface area contributed by atoms with Crippen LogP contribution < -0.4 is 4.74 Å². The topological polar surface area (TPSA) is 26.3 Å². The van der Waals surface area contributed by atoms with E-state index in [1.54, 1.807) is 6.08 Å². The summed E-state index contributed by atoms with van der Waals surface area (Å²) < 4.78 is 5.73. The molecule has 0 spiro atoms. The molecule has 0 amide bonds. The first kappa shape index (κ1) is 14.1. The van der Waals surface area contributed by atoms with Gasteiger partial charge in [-0.1, -0.05) is 48.5 Å². The highest BCUT2D eigenvalue weighted by Crippen LogP contribution is 2.16. The van der Waals surface area contributed by atoms with Gasteiger partial charge in [0.2, 0.25) is 5.24 Å². The zero-order valence-corrected chi connectivity index (χ0v) is 11.5. The molecule has 0 atom stereocenters. The highest BCUT2D eigenvalue weighted by Gasteiger charge is 1.99. The summed E-state index contributed by atoms with van der Waals surface area (Å²) in [5.41, 5.74) is 0.977. The molecule has 0 aromatic heterocycles. The predicted octanol–water partition coefficient (Wildman–Crippen LogP) is 4.43. The molecule has 2 aromatic rings. The lowest BCUT2D eigenvalue weighted by molar-refractivity contribution is -0.107. The Morgan fingerprint density at radius 1 is 0.900 bits per heavy atom. The maximum Gasteiger partial charge on any atom is 0.245 e. The molecule has 2 rings (SSSR count). The van der Waals surface area contributed by atoms with Gasteiger partial charge in [0.25, 0.3) is 0 Å². The van der Waals surface area contributed by atoms with E-state index in [4.69, 9.17) is 16.3 Å². The third-order valence-corrected chi connectivity index (χ3v) is 2.59. The molecule has 0 bridgehead atoms. The molecule has 2 aromatic carbocycles. The van der Waals surface area contributed by atoms with E-state index in [2.05, 4.69) is 0 Å². The fourth-order valence-electron chi connectivity index (χ4n) is 1.60. The molecular formula is C17H13ClO2. The van der Waals surface area contributed by atoms with Crippen molar-refractivity contribution in [2.24, 2.45) is 0 Å². The molecule has 0 fully saturated rings. The molecule has 20 heavy (non-hydrogen) atoms. The fourth-order valence-corrected chi connectivity index (χ4v) is 1.66. The van der Waals surface area contributed by atoms with Crippen molar-refractivity contribution in [1.29, 1.82) is 0 Å². The van der Waals surface area contributed by atoms with Crippen molar-refractivity contribution in [1.82, 2.24) is 0 Å². The zero-order valence-electron chi connectivity index (χ0n) is 10.7. The van der Waals surface area contributed by atoms with E-state index in [1.165, 1.54) is 6.08 Å². The lowest BCUT2D eigenvalue weighted by atomic mass is 10.2. The Balaban J connectivity index is 2.25. The Morgan fingerprint density at radius 3 is 2.10 bits per heavy atom. The first-order chi connectivity index (χ1) is 9.74. The van der Waals surface area contributed by atoms with Gasteiger partial charge in [0, 0.05) is 6.08 Å². The number of hydrogen-bond acceptors (Lipinski definition) is 2. The van der Waals surface area contributed by atoms with Crippen LogP contribution >= 0.6 is 11.6 Å². The second-order valence-electron chi connectivity index (χ2n) is 4.01. The molecule has 0 aliphatic rings. The van der Waals surface area contributed by atoms with Crippen LogP contribution in [0, 0.1) is 0 Å². The van der Waals surface area contributed by atoms with Crippen LogP contribution in [-0.2, 0) is 4.79 Å². The summed E-state index contributed by atoms with van der Waals surface area (Å²) in [5.74, 6) is 1.23. The van der Waals surface area contributed by atoms with Crippen molar-refractivity contribution in [2.45, 2.75) is 0 Å². The van der Waals surface area contributed by atoms with E-state index in [0.717, 1.165) is 5.56 Å². The number of halogens is 1. The summed E-state index contributed by atoms with van der Waals surface area (Å²) in [6.45, 7) is 0. The van der Waals surface area contributed by atoms with Gasteiger partial charge in [-0.3, -0.25) is 4.79 Å². The summed E-state index contributed by atoms with van der Waals surface area (Å²) in [6, 6.07) is 19.1. The summed E-state index contributed by atoms with van der Waals surface area (Å²) in [4.78, 5) is 10.8. The minimum Gasteiger partial charge on any atom is -0.457 e. The molecule has 0 heterocycles. The number of allylic oxidation sites excluding steroid dienone is 2. The van der Waals surface area contributed by atoms with Gasteiger partial charge < -0.3 is 4.74 Å². The highest BCUT2D eigenvalue weighted by molar-refractivity contribution is 6.66. The fraction of sp³-hybridized carbons (Fsp3) is 0. The number of para-hydroxylation sites is 1. The van der Waals surface area contributed by atoms with Crippen LogP contribution in [0.4, 0.5) is 0 Å². The van der Waals surface area contributed by atoms with Gasteiger partial charge in [-0.15, -0.1) is 0 Å². The van der Waals surface area contributed by atoms with Crippen LogP contribution in [0.15, 0.2) is 78.6 Å². The van der Waals surface area contributed by atoms with Crippen molar-refractivity contribution in [3.8, 4) is 5.75 Å². The van der Waals surface area contributed by atoms with E-state index >= 15 is 0 Å². The maximum atomic E-state index is 10.8. The van der Waals surface area contributed by atoms with Gasteiger partial charge in [0.05, 0.1) is 0 Å². The van der Waals surface area contributed by atoms with Gasteiger partial charge in [-0.2, -0.15) is 0 Å². The third-order valence-electron chi connectivity index (χ3n) is 2.47. The van der Waals surface area contributed by atoms with E-state index < -0.39 is 5.24 Å². The number of hydrogen-bond donors (Lipinski definition) is 0. The average Bonchev–Trinajstić information content (AvgIpc) is 2.47. The number of benzene rings is 2. The van der Waals surface area contributed by atoms with Crippen LogP contribution in [0.5, 0.6) is 5.75 Å². The molecule has 0 saturated heterocycles. The number of carbonyl (C=O) groups excluding carboxylic acids is 1. The summed E-state index contributed by atoms with van der Waals surface area (Å²) in [7, 11) is 0. The van der Waals surface area contributed by atoms with Crippen molar-refractivity contribution in [2.75, 3.05) is 0 Å². The molecule has 0 N–H and O–H groups in total. The molecular weight excluding hydrogens is 272 g/mol. The Morgan fingerprint density at radius 2 is 1.50 bits per heavy atom. The third kappa shape index (κ3) is 4.75. The minimum atomic E-state index is -0.541. The van der Waals surface area contributed by atoms with E-state index in [-0.39, 0.29) is 0 Å². The lowest BCUT2D eigenvalue weighted by Gasteiger charge is -2.06.